The molecule has 0 saturated carbocycles. The quantitative estimate of drug-likeness (QED) is 0.857. The first kappa shape index (κ1) is 15.5. The van der Waals surface area contributed by atoms with E-state index in [0.29, 0.717) is 6.54 Å². The SMILES string of the molecule is COc1ccc(CCNC(=O)COC(C)(C)C)cc1. The largest absolute Gasteiger partial charge is 0.497 e. The molecule has 0 atom stereocenters. The van der Waals surface area contributed by atoms with Crippen LogP contribution in [0.15, 0.2) is 24.3 Å². The Morgan fingerprint density at radius 1 is 1.21 bits per heavy atom. The van der Waals surface area contributed by atoms with Crippen molar-refractivity contribution in [1.29, 1.82) is 0 Å². The van der Waals surface area contributed by atoms with Gasteiger partial charge in [-0.1, -0.05) is 12.1 Å². The van der Waals surface area contributed by atoms with Crippen LogP contribution in [-0.2, 0) is 16.0 Å². The Bertz CT molecular complexity index is 393. The summed E-state index contributed by atoms with van der Waals surface area (Å²) in [5.41, 5.74) is 0.880. The Balaban J connectivity index is 2.24. The molecule has 1 N–H and O–H groups in total. The fourth-order valence-corrected chi connectivity index (χ4v) is 1.47. The van der Waals surface area contributed by atoms with Crippen LogP contribution in [0.4, 0.5) is 0 Å². The van der Waals surface area contributed by atoms with E-state index < -0.39 is 0 Å². The van der Waals surface area contributed by atoms with Gasteiger partial charge in [0.2, 0.25) is 5.91 Å². The Hall–Kier alpha value is -1.55. The van der Waals surface area contributed by atoms with E-state index in [4.69, 9.17) is 9.47 Å². The third-order valence-corrected chi connectivity index (χ3v) is 2.53. The van der Waals surface area contributed by atoms with Crippen LogP contribution in [0.1, 0.15) is 26.3 Å². The smallest absolute Gasteiger partial charge is 0.246 e. The highest BCUT2D eigenvalue weighted by Crippen LogP contribution is 2.11. The zero-order valence-corrected chi connectivity index (χ0v) is 12.2. The third-order valence-electron chi connectivity index (χ3n) is 2.53. The zero-order valence-electron chi connectivity index (χ0n) is 12.2. The van der Waals surface area contributed by atoms with Crippen LogP contribution in [0.2, 0.25) is 0 Å². The van der Waals surface area contributed by atoms with Gasteiger partial charge in [-0.3, -0.25) is 4.79 Å². The van der Waals surface area contributed by atoms with Gasteiger partial charge in [-0.25, -0.2) is 0 Å². The summed E-state index contributed by atoms with van der Waals surface area (Å²) in [4.78, 5) is 11.5. The van der Waals surface area contributed by atoms with Crippen LogP contribution in [-0.4, -0.2) is 31.8 Å². The number of ether oxygens (including phenoxy) is 2. The van der Waals surface area contributed by atoms with Gasteiger partial charge in [0.05, 0.1) is 12.7 Å². The number of hydrogen-bond donors (Lipinski definition) is 1. The van der Waals surface area contributed by atoms with Gasteiger partial charge in [-0.2, -0.15) is 0 Å². The highest BCUT2D eigenvalue weighted by atomic mass is 16.5. The molecule has 1 aromatic carbocycles. The van der Waals surface area contributed by atoms with E-state index in [1.807, 2.05) is 45.0 Å². The van der Waals surface area contributed by atoms with Crippen molar-refractivity contribution in [2.45, 2.75) is 32.8 Å². The summed E-state index contributed by atoms with van der Waals surface area (Å²) in [5, 5.41) is 2.84. The van der Waals surface area contributed by atoms with E-state index in [1.54, 1.807) is 7.11 Å². The lowest BCUT2D eigenvalue weighted by atomic mass is 10.1. The summed E-state index contributed by atoms with van der Waals surface area (Å²) < 4.78 is 10.5. The molecule has 0 bridgehead atoms. The van der Waals surface area contributed by atoms with Crippen molar-refractivity contribution in [3.8, 4) is 5.75 Å². The van der Waals surface area contributed by atoms with Gasteiger partial charge in [0.15, 0.2) is 0 Å². The lowest BCUT2D eigenvalue weighted by Crippen LogP contribution is -2.33. The standard InChI is InChI=1S/C15H23NO3/c1-15(2,3)19-11-14(17)16-10-9-12-5-7-13(18-4)8-6-12/h5-8H,9-11H2,1-4H3,(H,16,17). The first-order valence-electron chi connectivity index (χ1n) is 6.44. The first-order valence-corrected chi connectivity index (χ1v) is 6.44. The first-order chi connectivity index (χ1) is 8.90. The summed E-state index contributed by atoms with van der Waals surface area (Å²) in [7, 11) is 1.64. The number of rotatable bonds is 6. The van der Waals surface area contributed by atoms with E-state index in [1.165, 1.54) is 0 Å². The molecule has 0 saturated heterocycles. The second-order valence-corrected chi connectivity index (χ2v) is 5.35. The second kappa shape index (κ2) is 7.14. The molecule has 106 valence electrons. The summed E-state index contributed by atoms with van der Waals surface area (Å²) in [5.74, 6) is 0.759. The van der Waals surface area contributed by atoms with Crippen molar-refractivity contribution >= 4 is 5.91 Å². The fourth-order valence-electron chi connectivity index (χ4n) is 1.47. The predicted octanol–water partition coefficient (Wildman–Crippen LogP) is 2.17. The average Bonchev–Trinajstić information content (AvgIpc) is 2.36. The van der Waals surface area contributed by atoms with Crippen molar-refractivity contribution in [3.05, 3.63) is 29.8 Å². The Morgan fingerprint density at radius 2 is 1.84 bits per heavy atom. The van der Waals surface area contributed by atoms with Crippen molar-refractivity contribution in [2.24, 2.45) is 0 Å². The molecular weight excluding hydrogens is 242 g/mol. The molecule has 1 rings (SSSR count). The van der Waals surface area contributed by atoms with Crippen LogP contribution < -0.4 is 10.1 Å². The molecule has 0 aliphatic heterocycles. The predicted molar refractivity (Wildman–Crippen MR) is 75.4 cm³/mol. The van der Waals surface area contributed by atoms with Crippen molar-refractivity contribution in [1.82, 2.24) is 5.32 Å². The molecule has 0 aromatic heterocycles. The van der Waals surface area contributed by atoms with Crippen LogP contribution in [0, 0.1) is 0 Å². The number of hydrogen-bond acceptors (Lipinski definition) is 3. The molecule has 1 amide bonds. The van der Waals surface area contributed by atoms with Crippen LogP contribution >= 0.6 is 0 Å². The molecular formula is C15H23NO3. The normalized spacial score (nSPS) is 11.2. The van der Waals surface area contributed by atoms with Crippen molar-refractivity contribution < 1.29 is 14.3 Å². The third kappa shape index (κ3) is 6.82. The second-order valence-electron chi connectivity index (χ2n) is 5.35. The van der Waals surface area contributed by atoms with E-state index >= 15 is 0 Å². The van der Waals surface area contributed by atoms with E-state index in [0.717, 1.165) is 17.7 Å². The number of amides is 1. The lowest BCUT2D eigenvalue weighted by Gasteiger charge is -2.18. The van der Waals surface area contributed by atoms with Gasteiger partial charge >= 0.3 is 0 Å². The summed E-state index contributed by atoms with van der Waals surface area (Å²) in [6.45, 7) is 6.50. The maximum atomic E-state index is 11.5. The fraction of sp³-hybridized carbons (Fsp3) is 0.533. The van der Waals surface area contributed by atoms with Gasteiger partial charge in [0, 0.05) is 6.54 Å². The van der Waals surface area contributed by atoms with Crippen molar-refractivity contribution in [3.63, 3.8) is 0 Å². The molecule has 0 unspecified atom stereocenters. The molecule has 4 nitrogen and oxygen atoms in total. The zero-order chi connectivity index (χ0) is 14.3. The molecule has 0 fully saturated rings. The summed E-state index contributed by atoms with van der Waals surface area (Å²) >= 11 is 0. The molecule has 0 radical (unpaired) electrons. The number of nitrogens with one attached hydrogen (secondary N) is 1. The molecule has 1 aromatic rings. The van der Waals surface area contributed by atoms with Crippen LogP contribution in [0.3, 0.4) is 0 Å². The average molecular weight is 265 g/mol. The molecule has 19 heavy (non-hydrogen) atoms. The minimum atomic E-state index is -0.284. The monoisotopic (exact) mass is 265 g/mol. The Labute approximate surface area is 115 Å². The minimum Gasteiger partial charge on any atom is -0.497 e. The number of methoxy groups -OCH3 is 1. The number of carbonyl (C=O) groups is 1. The van der Waals surface area contributed by atoms with Gasteiger partial charge < -0.3 is 14.8 Å². The Morgan fingerprint density at radius 3 is 2.37 bits per heavy atom. The topological polar surface area (TPSA) is 47.6 Å². The minimum absolute atomic E-state index is 0.0802. The molecule has 0 heterocycles. The highest BCUT2D eigenvalue weighted by Gasteiger charge is 2.12. The van der Waals surface area contributed by atoms with Gasteiger partial charge in [-0.15, -0.1) is 0 Å². The van der Waals surface area contributed by atoms with E-state index in [9.17, 15) is 4.79 Å². The molecule has 0 aliphatic rings. The maximum Gasteiger partial charge on any atom is 0.246 e. The molecule has 0 spiro atoms. The number of benzene rings is 1. The van der Waals surface area contributed by atoms with Crippen molar-refractivity contribution in [2.75, 3.05) is 20.3 Å². The van der Waals surface area contributed by atoms with E-state index in [-0.39, 0.29) is 18.1 Å². The number of carbonyl (C=O) groups excluding carboxylic acids is 1. The van der Waals surface area contributed by atoms with Gasteiger partial charge in [0.25, 0.3) is 0 Å². The molecule has 4 heteroatoms. The van der Waals surface area contributed by atoms with Crippen LogP contribution in [0.5, 0.6) is 5.75 Å². The Kier molecular flexibility index (Phi) is 5.83. The van der Waals surface area contributed by atoms with E-state index in [2.05, 4.69) is 5.32 Å². The summed E-state index contributed by atoms with van der Waals surface area (Å²) in [6.07, 6.45) is 0.797. The maximum absolute atomic E-state index is 11.5. The van der Waals surface area contributed by atoms with Gasteiger partial charge in [0.1, 0.15) is 12.4 Å². The molecule has 0 aliphatic carbocycles. The summed E-state index contributed by atoms with van der Waals surface area (Å²) in [6, 6.07) is 7.83. The lowest BCUT2D eigenvalue weighted by molar-refractivity contribution is -0.130. The highest BCUT2D eigenvalue weighted by molar-refractivity contribution is 5.77. The van der Waals surface area contributed by atoms with Crippen LogP contribution in [0.25, 0.3) is 0 Å². The van der Waals surface area contributed by atoms with Gasteiger partial charge in [-0.05, 0) is 44.9 Å².